The third-order valence-corrected chi connectivity index (χ3v) is 13.1. The molecular weight excluding hydrogens is 424 g/mol. The summed E-state index contributed by atoms with van der Waals surface area (Å²) in [6.07, 6.45) is 12.2. The van der Waals surface area contributed by atoms with E-state index in [1.165, 1.54) is 5.57 Å². The van der Waals surface area contributed by atoms with Gasteiger partial charge in [-0.3, -0.25) is 4.79 Å². The van der Waals surface area contributed by atoms with Crippen LogP contribution in [0.2, 0.25) is 0 Å². The molecule has 5 aliphatic rings. The maximum Gasteiger partial charge on any atom is 0.310 e. The third kappa shape index (κ3) is 2.81. The molecule has 0 amide bonds. The number of aliphatic hydroxyl groups is 1. The molecule has 0 spiro atoms. The third-order valence-electron chi connectivity index (χ3n) is 13.1. The highest BCUT2D eigenvalue weighted by molar-refractivity contribution is 5.77. The Kier molecular flexibility index (Phi) is 5.20. The molecule has 5 rings (SSSR count). The van der Waals surface area contributed by atoms with Gasteiger partial charge in [-0.2, -0.15) is 0 Å². The second-order valence-electron chi connectivity index (χ2n) is 14.7. The SMILES string of the molecule is CC1(C)[C@H]2CC[C@]3(C)[C@@H](CC=C4[C@H]5C[C@@](C)(C=O)CC[C@]5(C(=O)O)CC[C@]43C)[C@@]2(C)CC[C@@H]1O. The van der Waals surface area contributed by atoms with Gasteiger partial charge in [-0.1, -0.05) is 53.2 Å². The van der Waals surface area contributed by atoms with Gasteiger partial charge in [0.05, 0.1) is 11.5 Å². The van der Waals surface area contributed by atoms with E-state index in [4.69, 9.17) is 0 Å². The van der Waals surface area contributed by atoms with E-state index in [1.807, 2.05) is 6.92 Å². The smallest absolute Gasteiger partial charge is 0.310 e. The lowest BCUT2D eigenvalue weighted by molar-refractivity contribution is -0.205. The highest BCUT2D eigenvalue weighted by atomic mass is 16.4. The summed E-state index contributed by atoms with van der Waals surface area (Å²) in [5, 5.41) is 21.4. The van der Waals surface area contributed by atoms with Crippen molar-refractivity contribution in [2.24, 2.45) is 50.2 Å². The molecule has 0 heterocycles. The van der Waals surface area contributed by atoms with Gasteiger partial charge in [-0.15, -0.1) is 0 Å². The van der Waals surface area contributed by atoms with Crippen molar-refractivity contribution in [3.63, 3.8) is 0 Å². The van der Waals surface area contributed by atoms with E-state index in [9.17, 15) is 19.8 Å². The maximum atomic E-state index is 12.8. The summed E-state index contributed by atoms with van der Waals surface area (Å²) in [7, 11) is 0. The van der Waals surface area contributed by atoms with E-state index in [-0.39, 0.29) is 33.7 Å². The number of rotatable bonds is 2. The first-order valence-electron chi connectivity index (χ1n) is 13.8. The Bertz CT molecular complexity index is 936. The zero-order valence-corrected chi connectivity index (χ0v) is 22.2. The van der Waals surface area contributed by atoms with E-state index in [0.29, 0.717) is 31.1 Å². The maximum absolute atomic E-state index is 12.8. The van der Waals surface area contributed by atoms with Gasteiger partial charge < -0.3 is 15.0 Å². The molecule has 190 valence electrons. The molecule has 4 heteroatoms. The molecule has 0 bridgehead atoms. The average molecular weight is 471 g/mol. The molecular formula is C30H46O4. The topological polar surface area (TPSA) is 74.6 Å². The molecule has 2 N–H and O–H groups in total. The summed E-state index contributed by atoms with van der Waals surface area (Å²) in [6, 6.07) is 0. The highest BCUT2D eigenvalue weighted by Gasteiger charge is 2.69. The van der Waals surface area contributed by atoms with Crippen molar-refractivity contribution in [3.8, 4) is 0 Å². The van der Waals surface area contributed by atoms with Crippen LogP contribution >= 0.6 is 0 Å². The van der Waals surface area contributed by atoms with Crippen LogP contribution in [0.4, 0.5) is 0 Å². The van der Waals surface area contributed by atoms with Crippen molar-refractivity contribution in [2.45, 2.75) is 112 Å². The second-order valence-corrected chi connectivity index (χ2v) is 14.7. The van der Waals surface area contributed by atoms with Crippen LogP contribution in [0, 0.1) is 50.2 Å². The average Bonchev–Trinajstić information content (AvgIpc) is 2.77. The van der Waals surface area contributed by atoms with Gasteiger partial charge in [0, 0.05) is 5.41 Å². The standard InChI is InChI=1S/C30H46O4/c1-25(2)21-9-12-29(6)22(27(21,4)11-10-23(25)32)8-7-19-20-17-26(3,18-31)13-15-30(20,24(33)34)16-14-28(19,29)5/h7,18,20-23,32H,8-17H2,1-6H3,(H,33,34)/t20-,21-,22+,23+,26+,27+,28-,29-,30+/m1/s1. The number of aldehydes is 1. The monoisotopic (exact) mass is 470 g/mol. The summed E-state index contributed by atoms with van der Waals surface area (Å²) in [5.41, 5.74) is 0.424. The largest absolute Gasteiger partial charge is 0.481 e. The molecule has 34 heavy (non-hydrogen) atoms. The first-order chi connectivity index (χ1) is 15.7. The molecule has 4 saturated carbocycles. The van der Waals surface area contributed by atoms with Crippen molar-refractivity contribution < 1.29 is 19.8 Å². The van der Waals surface area contributed by atoms with E-state index in [2.05, 4.69) is 40.7 Å². The number of aliphatic hydroxyl groups excluding tert-OH is 1. The van der Waals surface area contributed by atoms with Crippen LogP contribution in [0.1, 0.15) is 106 Å². The summed E-state index contributed by atoms with van der Waals surface area (Å²) in [5.74, 6) is 0.354. The minimum atomic E-state index is -0.713. The lowest BCUT2D eigenvalue weighted by atomic mass is 9.33. The zero-order valence-electron chi connectivity index (χ0n) is 22.2. The Morgan fingerprint density at radius 3 is 2.26 bits per heavy atom. The quantitative estimate of drug-likeness (QED) is 0.361. The van der Waals surface area contributed by atoms with Crippen LogP contribution in [0.5, 0.6) is 0 Å². The summed E-state index contributed by atoms with van der Waals surface area (Å²) >= 11 is 0. The minimum absolute atomic E-state index is 0.0329. The van der Waals surface area contributed by atoms with Gasteiger partial charge in [0.1, 0.15) is 6.29 Å². The molecule has 0 radical (unpaired) electrons. The fourth-order valence-corrected chi connectivity index (χ4v) is 10.6. The summed E-state index contributed by atoms with van der Waals surface area (Å²) < 4.78 is 0. The first-order valence-corrected chi connectivity index (χ1v) is 13.8. The zero-order chi connectivity index (χ0) is 24.9. The predicted molar refractivity (Wildman–Crippen MR) is 133 cm³/mol. The molecule has 0 aliphatic heterocycles. The molecule has 5 aliphatic carbocycles. The fraction of sp³-hybridized carbons (Fsp3) is 0.867. The van der Waals surface area contributed by atoms with Gasteiger partial charge in [-0.25, -0.2) is 0 Å². The first kappa shape index (κ1) is 24.5. The van der Waals surface area contributed by atoms with Gasteiger partial charge in [0.2, 0.25) is 0 Å². The van der Waals surface area contributed by atoms with Crippen LogP contribution in [0.15, 0.2) is 11.6 Å². The van der Waals surface area contributed by atoms with Gasteiger partial charge >= 0.3 is 5.97 Å². The van der Waals surface area contributed by atoms with Crippen molar-refractivity contribution >= 4 is 12.3 Å². The number of carbonyl (C=O) groups is 2. The lowest BCUT2D eigenvalue weighted by Crippen LogP contribution is -2.65. The Morgan fingerprint density at radius 2 is 1.62 bits per heavy atom. The highest BCUT2D eigenvalue weighted by Crippen LogP contribution is 2.75. The normalized spacial score (nSPS) is 53.9. The van der Waals surface area contributed by atoms with Gasteiger partial charge in [0.25, 0.3) is 0 Å². The number of hydrogen-bond acceptors (Lipinski definition) is 3. The molecule has 4 fully saturated rings. The molecule has 9 atom stereocenters. The van der Waals surface area contributed by atoms with Crippen molar-refractivity contribution in [1.29, 1.82) is 0 Å². The van der Waals surface area contributed by atoms with Crippen LogP contribution in [-0.2, 0) is 9.59 Å². The van der Waals surface area contributed by atoms with Crippen molar-refractivity contribution in [3.05, 3.63) is 11.6 Å². The van der Waals surface area contributed by atoms with Crippen LogP contribution < -0.4 is 0 Å². The van der Waals surface area contributed by atoms with E-state index in [0.717, 1.165) is 51.2 Å². The Labute approximate surface area is 206 Å². The number of aliphatic carboxylic acids is 1. The number of carbonyl (C=O) groups excluding carboxylic acids is 1. The van der Waals surface area contributed by atoms with Crippen molar-refractivity contribution in [1.82, 2.24) is 0 Å². The molecule has 0 aromatic rings. The fourth-order valence-electron chi connectivity index (χ4n) is 10.6. The van der Waals surface area contributed by atoms with Crippen LogP contribution in [0.25, 0.3) is 0 Å². The van der Waals surface area contributed by atoms with E-state index >= 15 is 0 Å². The molecule has 0 aromatic heterocycles. The lowest BCUT2D eigenvalue weighted by Gasteiger charge is -2.71. The Hall–Kier alpha value is -1.16. The summed E-state index contributed by atoms with van der Waals surface area (Å²) in [6.45, 7) is 14.0. The van der Waals surface area contributed by atoms with E-state index in [1.54, 1.807) is 0 Å². The number of fused-ring (bicyclic) bond motifs is 7. The molecule has 0 saturated heterocycles. The van der Waals surface area contributed by atoms with E-state index < -0.39 is 16.8 Å². The summed E-state index contributed by atoms with van der Waals surface area (Å²) in [4.78, 5) is 24.8. The predicted octanol–water partition coefficient (Wildman–Crippen LogP) is 6.41. The van der Waals surface area contributed by atoms with Crippen LogP contribution in [0.3, 0.4) is 0 Å². The Balaban J connectivity index is 1.60. The minimum Gasteiger partial charge on any atom is -0.481 e. The number of allylic oxidation sites excluding steroid dienone is 2. The molecule has 4 nitrogen and oxygen atoms in total. The van der Waals surface area contributed by atoms with Gasteiger partial charge in [0.15, 0.2) is 0 Å². The number of carboxylic acids is 1. The number of hydrogen-bond donors (Lipinski definition) is 2. The molecule has 0 aromatic carbocycles. The van der Waals surface area contributed by atoms with Crippen molar-refractivity contribution in [2.75, 3.05) is 0 Å². The van der Waals surface area contributed by atoms with Gasteiger partial charge in [-0.05, 0) is 104 Å². The second kappa shape index (κ2) is 7.20. The van der Waals surface area contributed by atoms with Crippen LogP contribution in [-0.4, -0.2) is 28.6 Å². The molecule has 0 unspecified atom stereocenters. The Morgan fingerprint density at radius 1 is 0.941 bits per heavy atom. The number of carboxylic acid groups (broad SMARTS) is 1.